The molecule has 2 aromatic carbocycles. The lowest BCUT2D eigenvalue weighted by Gasteiger charge is -2.35. The van der Waals surface area contributed by atoms with Gasteiger partial charge in [-0.1, -0.05) is 76.9 Å². The Hall–Kier alpha value is -1.45. The van der Waals surface area contributed by atoms with Gasteiger partial charge in [0.25, 0.3) is 0 Å². The molecule has 0 N–H and O–H groups in total. The Balaban J connectivity index is 1.99. The number of carbonyl (C=O) groups excluding carboxylic acids is 1. The highest BCUT2D eigenvalue weighted by Gasteiger charge is 2.34. The topological polar surface area (TPSA) is 17.1 Å². The summed E-state index contributed by atoms with van der Waals surface area (Å²) in [7, 11) is 0. The van der Waals surface area contributed by atoms with E-state index in [4.69, 9.17) is 0 Å². The predicted molar refractivity (Wildman–Crippen MR) is 121 cm³/mol. The molecule has 0 spiro atoms. The molecule has 1 fully saturated rings. The monoisotopic (exact) mass is 486 g/mol. The zero-order valence-electron chi connectivity index (χ0n) is 15.9. The lowest BCUT2D eigenvalue weighted by Crippen LogP contribution is -2.29. The van der Waals surface area contributed by atoms with Crippen molar-refractivity contribution in [3.8, 4) is 0 Å². The fourth-order valence-electron chi connectivity index (χ4n) is 3.38. The van der Waals surface area contributed by atoms with Gasteiger partial charge >= 0.3 is 0 Å². The summed E-state index contributed by atoms with van der Waals surface area (Å²) in [5.74, 6) is 0.625. The van der Waals surface area contributed by atoms with Gasteiger partial charge in [-0.15, -0.1) is 0 Å². The maximum Gasteiger partial charge on any atom is 0.185 e. The molecule has 1 aliphatic carbocycles. The van der Waals surface area contributed by atoms with Gasteiger partial charge in [0, 0.05) is 20.1 Å². The second-order valence-electron chi connectivity index (χ2n) is 8.24. The Morgan fingerprint density at radius 1 is 0.778 bits per heavy atom. The van der Waals surface area contributed by atoms with Gasteiger partial charge in [-0.3, -0.25) is 4.79 Å². The number of Topliss-reactive ketones (excluding diaryl/α,β-unsaturated/α-hetero) is 1. The number of ketones is 1. The van der Waals surface area contributed by atoms with Crippen molar-refractivity contribution in [2.75, 3.05) is 0 Å². The van der Waals surface area contributed by atoms with Crippen molar-refractivity contribution < 1.29 is 4.79 Å². The van der Waals surface area contributed by atoms with Crippen molar-refractivity contribution in [1.29, 1.82) is 0 Å². The standard InChI is InChI=1S/C24H24Br2O/c1-24(2,3)20-14-18(12-16-4-8-21(25)9-5-16)23(27)19(15-20)13-17-6-10-22(26)11-7-17/h4-13,20H,14-15H2,1-3H3/b18-12-,19-13-. The number of allylic oxidation sites excluding steroid dienone is 2. The highest BCUT2D eigenvalue weighted by atomic mass is 79.9. The molecule has 0 atom stereocenters. The maximum absolute atomic E-state index is 13.2. The van der Waals surface area contributed by atoms with Gasteiger partial charge in [-0.05, 0) is 71.7 Å². The highest BCUT2D eigenvalue weighted by Crippen LogP contribution is 2.42. The van der Waals surface area contributed by atoms with Crippen LogP contribution in [-0.4, -0.2) is 5.78 Å². The first-order valence-electron chi connectivity index (χ1n) is 9.19. The largest absolute Gasteiger partial charge is 0.289 e. The molecule has 0 unspecified atom stereocenters. The third-order valence-corrected chi connectivity index (χ3v) is 6.22. The summed E-state index contributed by atoms with van der Waals surface area (Å²) in [5, 5.41) is 0. The Morgan fingerprint density at radius 2 is 1.15 bits per heavy atom. The van der Waals surface area contributed by atoms with Gasteiger partial charge < -0.3 is 0 Å². The number of carbonyl (C=O) groups is 1. The Morgan fingerprint density at radius 3 is 1.48 bits per heavy atom. The molecule has 1 saturated carbocycles. The van der Waals surface area contributed by atoms with Crippen LogP contribution < -0.4 is 0 Å². The van der Waals surface area contributed by atoms with Crippen molar-refractivity contribution in [2.45, 2.75) is 33.6 Å². The molecule has 3 heteroatoms. The molecule has 0 aliphatic heterocycles. The number of hydrogen-bond acceptors (Lipinski definition) is 1. The average molecular weight is 488 g/mol. The first kappa shape index (κ1) is 20.3. The van der Waals surface area contributed by atoms with Gasteiger partial charge in [-0.25, -0.2) is 0 Å². The zero-order chi connectivity index (χ0) is 19.6. The summed E-state index contributed by atoms with van der Waals surface area (Å²) in [5.41, 5.74) is 4.11. The summed E-state index contributed by atoms with van der Waals surface area (Å²) >= 11 is 6.94. The summed E-state index contributed by atoms with van der Waals surface area (Å²) in [6.45, 7) is 6.80. The Kier molecular flexibility index (Phi) is 6.22. The van der Waals surface area contributed by atoms with E-state index in [2.05, 4.69) is 64.8 Å². The van der Waals surface area contributed by atoms with E-state index in [1.165, 1.54) is 0 Å². The first-order valence-corrected chi connectivity index (χ1v) is 10.8. The molecule has 2 aromatic rings. The van der Waals surface area contributed by atoms with E-state index in [9.17, 15) is 4.79 Å². The second kappa shape index (κ2) is 8.28. The molecule has 0 amide bonds. The summed E-state index contributed by atoms with van der Waals surface area (Å²) in [6, 6.07) is 16.2. The minimum Gasteiger partial charge on any atom is -0.289 e. The fraction of sp³-hybridized carbons (Fsp3) is 0.292. The molecule has 0 heterocycles. The molecule has 140 valence electrons. The van der Waals surface area contributed by atoms with E-state index in [0.717, 1.165) is 44.1 Å². The van der Waals surface area contributed by atoms with E-state index in [1.54, 1.807) is 0 Å². The summed E-state index contributed by atoms with van der Waals surface area (Å²) in [4.78, 5) is 13.2. The van der Waals surface area contributed by atoms with Crippen molar-refractivity contribution in [2.24, 2.45) is 11.3 Å². The number of halogens is 2. The number of hydrogen-bond donors (Lipinski definition) is 0. The molecule has 1 nitrogen and oxygen atoms in total. The van der Waals surface area contributed by atoms with Crippen molar-refractivity contribution in [3.63, 3.8) is 0 Å². The van der Waals surface area contributed by atoms with E-state index >= 15 is 0 Å². The first-order chi connectivity index (χ1) is 12.7. The van der Waals surface area contributed by atoms with Gasteiger partial charge in [-0.2, -0.15) is 0 Å². The lowest BCUT2D eigenvalue weighted by molar-refractivity contribution is -0.113. The van der Waals surface area contributed by atoms with Gasteiger partial charge in [0.15, 0.2) is 5.78 Å². The Labute approximate surface area is 178 Å². The molecule has 0 saturated heterocycles. The zero-order valence-corrected chi connectivity index (χ0v) is 19.1. The van der Waals surface area contributed by atoms with Gasteiger partial charge in [0.1, 0.15) is 0 Å². The van der Waals surface area contributed by atoms with E-state index in [0.29, 0.717) is 5.92 Å². The predicted octanol–water partition coefficient (Wildman–Crippen LogP) is 7.70. The van der Waals surface area contributed by atoms with Crippen LogP contribution in [0.3, 0.4) is 0 Å². The van der Waals surface area contributed by atoms with Crippen LogP contribution in [0.4, 0.5) is 0 Å². The lowest BCUT2D eigenvalue weighted by atomic mass is 9.68. The SMILES string of the molecule is CC(C)(C)C1C/C(=C/c2ccc(Br)cc2)C(=O)/C(=C\c2ccc(Br)cc2)C1. The fourth-order valence-corrected chi connectivity index (χ4v) is 3.91. The molecule has 3 rings (SSSR count). The van der Waals surface area contributed by atoms with Gasteiger partial charge in [0.05, 0.1) is 0 Å². The van der Waals surface area contributed by atoms with E-state index < -0.39 is 0 Å². The van der Waals surface area contributed by atoms with Crippen LogP contribution in [-0.2, 0) is 4.79 Å². The van der Waals surface area contributed by atoms with Crippen LogP contribution in [0.15, 0.2) is 68.6 Å². The highest BCUT2D eigenvalue weighted by molar-refractivity contribution is 9.10. The van der Waals surface area contributed by atoms with E-state index in [-0.39, 0.29) is 11.2 Å². The molecule has 0 radical (unpaired) electrons. The van der Waals surface area contributed by atoms with Crippen LogP contribution in [0.1, 0.15) is 44.7 Å². The summed E-state index contributed by atoms with van der Waals surface area (Å²) in [6.07, 6.45) is 5.77. The average Bonchev–Trinajstić information content (AvgIpc) is 2.61. The van der Waals surface area contributed by atoms with Crippen LogP contribution in [0.25, 0.3) is 12.2 Å². The minimum atomic E-state index is 0.151. The number of rotatable bonds is 2. The molecule has 1 aliphatic rings. The normalized spacial score (nSPS) is 21.1. The Bertz CT molecular complexity index is 814. The van der Waals surface area contributed by atoms with Gasteiger partial charge in [0.2, 0.25) is 0 Å². The maximum atomic E-state index is 13.2. The van der Waals surface area contributed by atoms with Crippen molar-refractivity contribution >= 4 is 49.8 Å². The molecular formula is C24H24Br2O. The van der Waals surface area contributed by atoms with Crippen LogP contribution in [0.2, 0.25) is 0 Å². The number of benzene rings is 2. The molecular weight excluding hydrogens is 464 g/mol. The molecule has 27 heavy (non-hydrogen) atoms. The third kappa shape index (κ3) is 5.30. The van der Waals surface area contributed by atoms with E-state index in [1.807, 2.05) is 48.5 Å². The minimum absolute atomic E-state index is 0.151. The second-order valence-corrected chi connectivity index (χ2v) is 10.1. The van der Waals surface area contributed by atoms with Crippen LogP contribution in [0, 0.1) is 11.3 Å². The van der Waals surface area contributed by atoms with Crippen LogP contribution in [0.5, 0.6) is 0 Å². The molecule has 0 bridgehead atoms. The molecule has 0 aromatic heterocycles. The third-order valence-electron chi connectivity index (χ3n) is 5.16. The quantitative estimate of drug-likeness (QED) is 0.396. The smallest absolute Gasteiger partial charge is 0.185 e. The van der Waals surface area contributed by atoms with Crippen LogP contribution >= 0.6 is 31.9 Å². The van der Waals surface area contributed by atoms with Crippen molar-refractivity contribution in [1.82, 2.24) is 0 Å². The van der Waals surface area contributed by atoms with Crippen molar-refractivity contribution in [3.05, 3.63) is 79.7 Å². The summed E-state index contributed by atoms with van der Waals surface area (Å²) < 4.78 is 2.09.